The minimum absolute atomic E-state index is 1.18. The summed E-state index contributed by atoms with van der Waals surface area (Å²) in [5.74, 6) is 0. The number of hydrogen-bond donors (Lipinski definition) is 0. The minimum Gasteiger partial charge on any atom is -0.264 e. The molecule has 12 heavy (non-hydrogen) atoms. The Morgan fingerprint density at radius 3 is 2.67 bits per heavy atom. The Labute approximate surface area is 74.8 Å². The van der Waals surface area contributed by atoms with E-state index in [1.807, 2.05) is 12.4 Å². The molecule has 1 nitrogen and oxygen atoms in total. The van der Waals surface area contributed by atoms with Crippen LogP contribution in [0.5, 0.6) is 0 Å². The average molecular weight is 163 g/mol. The zero-order valence-corrected chi connectivity index (χ0v) is 8.22. The molecule has 1 heteroatoms. The van der Waals surface area contributed by atoms with Crippen molar-refractivity contribution in [2.45, 2.75) is 40.0 Å². The fourth-order valence-corrected chi connectivity index (χ4v) is 1.31. The number of aryl methyl sites for hydroxylation is 2. The van der Waals surface area contributed by atoms with Crippen LogP contribution in [0.2, 0.25) is 0 Å². The highest BCUT2D eigenvalue weighted by Gasteiger charge is 1.99. The van der Waals surface area contributed by atoms with Gasteiger partial charge < -0.3 is 0 Å². The molecule has 0 saturated heterocycles. The van der Waals surface area contributed by atoms with E-state index in [4.69, 9.17) is 0 Å². The van der Waals surface area contributed by atoms with Crippen molar-refractivity contribution < 1.29 is 0 Å². The quantitative estimate of drug-likeness (QED) is 0.667. The van der Waals surface area contributed by atoms with Gasteiger partial charge in [0.2, 0.25) is 0 Å². The van der Waals surface area contributed by atoms with Crippen LogP contribution in [0.15, 0.2) is 12.4 Å². The lowest BCUT2D eigenvalue weighted by Crippen LogP contribution is -1.93. The number of rotatable bonds is 3. The molecule has 1 heterocycles. The number of pyridine rings is 1. The van der Waals surface area contributed by atoms with Crippen LogP contribution in [0.25, 0.3) is 0 Å². The predicted octanol–water partition coefficient (Wildman–Crippen LogP) is 3.04. The summed E-state index contributed by atoms with van der Waals surface area (Å²) in [6.45, 7) is 6.53. The molecule has 0 spiro atoms. The van der Waals surface area contributed by atoms with Gasteiger partial charge >= 0.3 is 0 Å². The van der Waals surface area contributed by atoms with Gasteiger partial charge in [0.05, 0.1) is 0 Å². The second-order valence-electron chi connectivity index (χ2n) is 3.34. The highest BCUT2D eigenvalue weighted by molar-refractivity contribution is 5.29. The molecule has 0 aliphatic heterocycles. The van der Waals surface area contributed by atoms with Gasteiger partial charge in [0.1, 0.15) is 0 Å². The Balaban J connectivity index is 2.78. The van der Waals surface area contributed by atoms with E-state index in [1.165, 1.54) is 36.0 Å². The number of aromatic nitrogens is 1. The van der Waals surface area contributed by atoms with Crippen LogP contribution >= 0.6 is 0 Å². The van der Waals surface area contributed by atoms with E-state index in [0.717, 1.165) is 0 Å². The second-order valence-corrected chi connectivity index (χ2v) is 3.34. The maximum Gasteiger partial charge on any atom is 0.0302 e. The van der Waals surface area contributed by atoms with Gasteiger partial charge in [0.15, 0.2) is 0 Å². The summed E-state index contributed by atoms with van der Waals surface area (Å²) in [5.41, 5.74) is 4.14. The monoisotopic (exact) mass is 163 g/mol. The maximum absolute atomic E-state index is 4.20. The zero-order valence-electron chi connectivity index (χ0n) is 8.22. The molecule has 1 aromatic heterocycles. The average Bonchev–Trinajstić information content (AvgIpc) is 2.08. The molecule has 0 aliphatic rings. The minimum atomic E-state index is 1.18. The Kier molecular flexibility index (Phi) is 3.27. The standard InChI is InChI=1S/C11H17N/c1-4-5-6-11-8-12-7-9(2)10(11)3/h7-8H,4-6H2,1-3H3. The summed E-state index contributed by atoms with van der Waals surface area (Å²) >= 11 is 0. The van der Waals surface area contributed by atoms with Crippen molar-refractivity contribution >= 4 is 0 Å². The van der Waals surface area contributed by atoms with Gasteiger partial charge in [-0.25, -0.2) is 0 Å². The van der Waals surface area contributed by atoms with Gasteiger partial charge in [-0.05, 0) is 43.4 Å². The van der Waals surface area contributed by atoms with Crippen LogP contribution in [-0.4, -0.2) is 4.98 Å². The van der Waals surface area contributed by atoms with E-state index in [-0.39, 0.29) is 0 Å². The van der Waals surface area contributed by atoms with E-state index in [9.17, 15) is 0 Å². The molecule has 0 saturated carbocycles. The van der Waals surface area contributed by atoms with Crippen LogP contribution in [0.1, 0.15) is 36.5 Å². The molecule has 0 bridgehead atoms. The number of hydrogen-bond acceptors (Lipinski definition) is 1. The lowest BCUT2D eigenvalue weighted by Gasteiger charge is -2.06. The van der Waals surface area contributed by atoms with Crippen LogP contribution in [0, 0.1) is 13.8 Å². The smallest absolute Gasteiger partial charge is 0.0302 e. The molecule has 1 rings (SSSR count). The van der Waals surface area contributed by atoms with Crippen LogP contribution < -0.4 is 0 Å². The van der Waals surface area contributed by atoms with Crippen molar-refractivity contribution in [2.75, 3.05) is 0 Å². The topological polar surface area (TPSA) is 12.9 Å². The molecule has 0 N–H and O–H groups in total. The number of nitrogens with zero attached hydrogens (tertiary/aromatic N) is 1. The fourth-order valence-electron chi connectivity index (χ4n) is 1.31. The Bertz CT molecular complexity index is 253. The van der Waals surface area contributed by atoms with Crippen molar-refractivity contribution in [1.82, 2.24) is 4.98 Å². The molecule has 0 amide bonds. The summed E-state index contributed by atoms with van der Waals surface area (Å²) in [6.07, 6.45) is 7.64. The van der Waals surface area contributed by atoms with E-state index in [1.54, 1.807) is 0 Å². The zero-order chi connectivity index (χ0) is 8.97. The van der Waals surface area contributed by atoms with E-state index < -0.39 is 0 Å². The van der Waals surface area contributed by atoms with Crippen molar-refractivity contribution in [1.29, 1.82) is 0 Å². The van der Waals surface area contributed by atoms with Crippen LogP contribution in [0.4, 0.5) is 0 Å². The Morgan fingerprint density at radius 1 is 1.25 bits per heavy atom. The van der Waals surface area contributed by atoms with Crippen LogP contribution in [-0.2, 0) is 6.42 Å². The van der Waals surface area contributed by atoms with Gasteiger partial charge in [-0.1, -0.05) is 13.3 Å². The lowest BCUT2D eigenvalue weighted by atomic mass is 10.0. The molecule has 0 radical (unpaired) electrons. The van der Waals surface area contributed by atoms with E-state index in [0.29, 0.717) is 0 Å². The van der Waals surface area contributed by atoms with Crippen molar-refractivity contribution in [3.05, 3.63) is 29.1 Å². The van der Waals surface area contributed by atoms with Gasteiger partial charge in [-0.15, -0.1) is 0 Å². The molecule has 0 aromatic carbocycles. The van der Waals surface area contributed by atoms with Crippen molar-refractivity contribution in [3.8, 4) is 0 Å². The third-order valence-corrected chi connectivity index (χ3v) is 2.37. The molecule has 0 atom stereocenters. The first-order chi connectivity index (χ1) is 5.75. The molecule has 66 valence electrons. The third kappa shape index (κ3) is 2.07. The van der Waals surface area contributed by atoms with Gasteiger partial charge in [-0.3, -0.25) is 4.98 Å². The number of unbranched alkanes of at least 4 members (excludes halogenated alkanes) is 1. The Hall–Kier alpha value is -0.850. The predicted molar refractivity (Wildman–Crippen MR) is 52.3 cm³/mol. The largest absolute Gasteiger partial charge is 0.264 e. The first kappa shape index (κ1) is 9.24. The third-order valence-electron chi connectivity index (χ3n) is 2.37. The second kappa shape index (κ2) is 4.24. The van der Waals surface area contributed by atoms with E-state index >= 15 is 0 Å². The van der Waals surface area contributed by atoms with Crippen molar-refractivity contribution in [2.24, 2.45) is 0 Å². The van der Waals surface area contributed by atoms with Crippen molar-refractivity contribution in [3.63, 3.8) is 0 Å². The highest BCUT2D eigenvalue weighted by Crippen LogP contribution is 2.13. The normalized spacial score (nSPS) is 10.2. The summed E-state index contributed by atoms with van der Waals surface area (Å²) in [6, 6.07) is 0. The summed E-state index contributed by atoms with van der Waals surface area (Å²) < 4.78 is 0. The van der Waals surface area contributed by atoms with E-state index in [2.05, 4.69) is 25.8 Å². The summed E-state index contributed by atoms with van der Waals surface area (Å²) in [7, 11) is 0. The first-order valence-corrected chi connectivity index (χ1v) is 4.65. The Morgan fingerprint density at radius 2 is 2.00 bits per heavy atom. The maximum atomic E-state index is 4.20. The SMILES string of the molecule is CCCCc1cncc(C)c1C. The summed E-state index contributed by atoms with van der Waals surface area (Å²) in [5, 5.41) is 0. The van der Waals surface area contributed by atoms with Gasteiger partial charge in [0, 0.05) is 12.4 Å². The van der Waals surface area contributed by atoms with Gasteiger partial charge in [-0.2, -0.15) is 0 Å². The highest BCUT2D eigenvalue weighted by atomic mass is 14.6. The molecule has 1 aromatic rings. The lowest BCUT2D eigenvalue weighted by molar-refractivity contribution is 0.786. The molecule has 0 fully saturated rings. The molecular weight excluding hydrogens is 146 g/mol. The molecular formula is C11H17N. The fraction of sp³-hybridized carbons (Fsp3) is 0.545. The summed E-state index contributed by atoms with van der Waals surface area (Å²) in [4.78, 5) is 4.20. The molecule has 0 unspecified atom stereocenters. The molecule has 0 aliphatic carbocycles. The first-order valence-electron chi connectivity index (χ1n) is 4.65. The van der Waals surface area contributed by atoms with Gasteiger partial charge in [0.25, 0.3) is 0 Å². The van der Waals surface area contributed by atoms with Crippen LogP contribution in [0.3, 0.4) is 0 Å².